The van der Waals surface area contributed by atoms with Crippen molar-refractivity contribution in [1.82, 2.24) is 15.1 Å². The molecule has 106 valence electrons. The standard InChI is InChI=1S/C10H16N4O3S2/c1-14(4-7-5-16-2-3-17-7)8(15)6-18-10-13-12-9(11)19-10/h7H,2-6H2,1H3,(H2,11,12)/t7-/m0/s1. The first-order valence-electron chi connectivity index (χ1n) is 5.80. The summed E-state index contributed by atoms with van der Waals surface area (Å²) in [7, 11) is 1.76. The number of carbonyl (C=O) groups is 1. The second kappa shape index (κ2) is 7.04. The largest absolute Gasteiger partial charge is 0.376 e. The molecule has 1 fully saturated rings. The predicted molar refractivity (Wildman–Crippen MR) is 73.2 cm³/mol. The van der Waals surface area contributed by atoms with Crippen molar-refractivity contribution < 1.29 is 14.3 Å². The quantitative estimate of drug-likeness (QED) is 0.771. The number of carbonyl (C=O) groups excluding carboxylic acids is 1. The van der Waals surface area contributed by atoms with E-state index in [2.05, 4.69) is 10.2 Å². The summed E-state index contributed by atoms with van der Waals surface area (Å²) in [5, 5.41) is 7.96. The van der Waals surface area contributed by atoms with Gasteiger partial charge in [-0.25, -0.2) is 0 Å². The van der Waals surface area contributed by atoms with Crippen LogP contribution in [0, 0.1) is 0 Å². The molecule has 0 bridgehead atoms. The molecule has 2 heterocycles. The van der Waals surface area contributed by atoms with E-state index in [0.29, 0.717) is 41.6 Å². The van der Waals surface area contributed by atoms with Gasteiger partial charge in [0, 0.05) is 13.6 Å². The van der Waals surface area contributed by atoms with Gasteiger partial charge in [-0.05, 0) is 0 Å². The summed E-state index contributed by atoms with van der Waals surface area (Å²) in [5.74, 6) is 0.339. The SMILES string of the molecule is CN(C[C@H]1COCCO1)C(=O)CSc1nnc(N)s1. The van der Waals surface area contributed by atoms with Gasteiger partial charge in [0.15, 0.2) is 4.34 Å². The molecule has 9 heteroatoms. The molecule has 2 rings (SSSR count). The van der Waals surface area contributed by atoms with Crippen molar-refractivity contribution in [2.24, 2.45) is 0 Å². The van der Waals surface area contributed by atoms with Crippen molar-refractivity contribution in [1.29, 1.82) is 0 Å². The van der Waals surface area contributed by atoms with Crippen LogP contribution in [-0.2, 0) is 14.3 Å². The van der Waals surface area contributed by atoms with Gasteiger partial charge in [-0.2, -0.15) is 0 Å². The molecule has 1 aliphatic heterocycles. The third kappa shape index (κ3) is 4.60. The fourth-order valence-corrected chi connectivity index (χ4v) is 3.14. The Morgan fingerprint density at radius 3 is 3.05 bits per heavy atom. The normalized spacial score (nSPS) is 19.3. The number of ether oxygens (including phenoxy) is 2. The van der Waals surface area contributed by atoms with Crippen LogP contribution in [0.25, 0.3) is 0 Å². The van der Waals surface area contributed by atoms with Gasteiger partial charge in [0.25, 0.3) is 0 Å². The van der Waals surface area contributed by atoms with Crippen LogP contribution < -0.4 is 5.73 Å². The Kier molecular flexibility index (Phi) is 5.37. The Bertz CT molecular complexity index is 423. The zero-order valence-electron chi connectivity index (χ0n) is 10.6. The predicted octanol–water partition coefficient (Wildman–Crippen LogP) is 0.0862. The van der Waals surface area contributed by atoms with E-state index in [1.54, 1.807) is 11.9 Å². The van der Waals surface area contributed by atoms with Crippen molar-refractivity contribution in [2.45, 2.75) is 10.4 Å². The highest BCUT2D eigenvalue weighted by atomic mass is 32.2. The van der Waals surface area contributed by atoms with Crippen LogP contribution in [0.4, 0.5) is 5.13 Å². The molecule has 1 atom stereocenters. The van der Waals surface area contributed by atoms with E-state index in [1.165, 1.54) is 23.1 Å². The topological polar surface area (TPSA) is 90.6 Å². The van der Waals surface area contributed by atoms with Gasteiger partial charge >= 0.3 is 0 Å². The molecule has 19 heavy (non-hydrogen) atoms. The van der Waals surface area contributed by atoms with Gasteiger partial charge in [0.2, 0.25) is 11.0 Å². The molecule has 1 amide bonds. The fraction of sp³-hybridized carbons (Fsp3) is 0.700. The third-order valence-corrected chi connectivity index (χ3v) is 4.40. The second-order valence-corrected chi connectivity index (χ2v) is 6.27. The van der Waals surface area contributed by atoms with Crippen molar-refractivity contribution in [2.75, 3.05) is 44.9 Å². The molecular formula is C10H16N4O3S2. The Morgan fingerprint density at radius 1 is 1.58 bits per heavy atom. The number of likely N-dealkylation sites (N-methyl/N-ethyl adjacent to an activating group) is 1. The first-order chi connectivity index (χ1) is 9.15. The number of nitrogens with zero attached hydrogens (tertiary/aromatic N) is 3. The average molecular weight is 304 g/mol. The zero-order chi connectivity index (χ0) is 13.7. The smallest absolute Gasteiger partial charge is 0.232 e. The molecule has 0 spiro atoms. The fourth-order valence-electron chi connectivity index (χ4n) is 1.56. The molecule has 0 radical (unpaired) electrons. The van der Waals surface area contributed by atoms with Crippen LogP contribution >= 0.6 is 23.1 Å². The number of hydrogen-bond acceptors (Lipinski definition) is 8. The van der Waals surface area contributed by atoms with E-state index in [1.807, 2.05) is 0 Å². The minimum Gasteiger partial charge on any atom is -0.376 e. The van der Waals surface area contributed by atoms with Crippen molar-refractivity contribution >= 4 is 34.1 Å². The minimum atomic E-state index is -0.0372. The highest BCUT2D eigenvalue weighted by molar-refractivity contribution is 8.01. The molecule has 1 saturated heterocycles. The second-order valence-electron chi connectivity index (χ2n) is 4.04. The highest BCUT2D eigenvalue weighted by Gasteiger charge is 2.19. The highest BCUT2D eigenvalue weighted by Crippen LogP contribution is 2.23. The molecule has 1 aromatic rings. The lowest BCUT2D eigenvalue weighted by molar-refractivity contribution is -0.133. The Balaban J connectivity index is 1.72. The lowest BCUT2D eigenvalue weighted by Gasteiger charge is -2.27. The molecule has 1 aromatic heterocycles. The van der Waals surface area contributed by atoms with Gasteiger partial charge in [0.1, 0.15) is 0 Å². The molecule has 1 aliphatic rings. The van der Waals surface area contributed by atoms with E-state index in [4.69, 9.17) is 15.2 Å². The number of nitrogen functional groups attached to an aromatic ring is 1. The number of anilines is 1. The van der Waals surface area contributed by atoms with Crippen molar-refractivity contribution in [3.8, 4) is 0 Å². The van der Waals surface area contributed by atoms with Crippen molar-refractivity contribution in [3.05, 3.63) is 0 Å². The van der Waals surface area contributed by atoms with Crippen LogP contribution in [0.2, 0.25) is 0 Å². The summed E-state index contributed by atoms with van der Waals surface area (Å²) in [6.45, 7) is 2.29. The van der Waals surface area contributed by atoms with Crippen LogP contribution in [-0.4, -0.2) is 66.3 Å². The number of thioether (sulfide) groups is 1. The maximum absolute atomic E-state index is 11.9. The van der Waals surface area contributed by atoms with E-state index in [-0.39, 0.29) is 12.0 Å². The van der Waals surface area contributed by atoms with Crippen LogP contribution in [0.5, 0.6) is 0 Å². The molecular weight excluding hydrogens is 288 g/mol. The van der Waals surface area contributed by atoms with Crippen LogP contribution in [0.15, 0.2) is 4.34 Å². The molecule has 0 aromatic carbocycles. The van der Waals surface area contributed by atoms with Crippen LogP contribution in [0.3, 0.4) is 0 Å². The molecule has 0 unspecified atom stereocenters. The van der Waals surface area contributed by atoms with E-state index < -0.39 is 0 Å². The summed E-state index contributed by atoms with van der Waals surface area (Å²) in [4.78, 5) is 13.6. The molecule has 7 nitrogen and oxygen atoms in total. The maximum Gasteiger partial charge on any atom is 0.232 e. The van der Waals surface area contributed by atoms with E-state index >= 15 is 0 Å². The van der Waals surface area contributed by atoms with E-state index in [0.717, 1.165) is 0 Å². The summed E-state index contributed by atoms with van der Waals surface area (Å²) < 4.78 is 11.5. The summed E-state index contributed by atoms with van der Waals surface area (Å²) >= 11 is 2.62. The molecule has 0 aliphatic carbocycles. The first-order valence-corrected chi connectivity index (χ1v) is 7.60. The van der Waals surface area contributed by atoms with Crippen molar-refractivity contribution in [3.63, 3.8) is 0 Å². The lowest BCUT2D eigenvalue weighted by atomic mass is 10.3. The monoisotopic (exact) mass is 304 g/mol. The van der Waals surface area contributed by atoms with E-state index in [9.17, 15) is 4.79 Å². The number of rotatable bonds is 5. The number of nitrogens with two attached hydrogens (primary N) is 1. The Labute approximate surface area is 119 Å². The number of amides is 1. The Morgan fingerprint density at radius 2 is 2.42 bits per heavy atom. The average Bonchev–Trinajstić information content (AvgIpc) is 2.83. The number of hydrogen-bond donors (Lipinski definition) is 1. The van der Waals surface area contributed by atoms with Gasteiger partial charge in [-0.15, -0.1) is 10.2 Å². The number of aromatic nitrogens is 2. The van der Waals surface area contributed by atoms with Gasteiger partial charge in [-0.1, -0.05) is 23.1 Å². The van der Waals surface area contributed by atoms with Gasteiger partial charge in [-0.3, -0.25) is 4.79 Å². The first kappa shape index (κ1) is 14.5. The summed E-state index contributed by atoms with van der Waals surface area (Å²) in [6.07, 6.45) is -0.0372. The molecule has 0 saturated carbocycles. The molecule has 2 N–H and O–H groups in total. The summed E-state index contributed by atoms with van der Waals surface area (Å²) in [6, 6.07) is 0. The van der Waals surface area contributed by atoms with Gasteiger partial charge in [0.05, 0.1) is 31.7 Å². The third-order valence-electron chi connectivity index (χ3n) is 2.53. The van der Waals surface area contributed by atoms with Crippen LogP contribution in [0.1, 0.15) is 0 Å². The zero-order valence-corrected chi connectivity index (χ0v) is 12.2. The Hall–Kier alpha value is -0.900. The maximum atomic E-state index is 11.9. The minimum absolute atomic E-state index is 0.0212. The summed E-state index contributed by atoms with van der Waals surface area (Å²) in [5.41, 5.74) is 5.47. The van der Waals surface area contributed by atoms with Gasteiger partial charge < -0.3 is 20.1 Å². The lowest BCUT2D eigenvalue weighted by Crippen LogP contribution is -2.41.